The predicted octanol–water partition coefficient (Wildman–Crippen LogP) is 4.36. The third kappa shape index (κ3) is 2.59. The number of hydrogen-bond donors (Lipinski definition) is 0. The summed E-state index contributed by atoms with van der Waals surface area (Å²) in [6.07, 6.45) is 4.26. The first-order valence-electron chi connectivity index (χ1n) is 5.02. The zero-order chi connectivity index (χ0) is 10.6. The van der Waals surface area contributed by atoms with Crippen LogP contribution in [0, 0.1) is 6.92 Å². The van der Waals surface area contributed by atoms with Crippen molar-refractivity contribution >= 4 is 5.57 Å². The largest absolute Gasteiger partial charge is 0.0870 e. The molecule has 0 aliphatic rings. The standard InChI is InChI=1S/C14H18/c1-5-7-14(11(2)3)13-9-6-8-12(4)10-13/h5-10H,1-4H3. The van der Waals surface area contributed by atoms with Gasteiger partial charge in [0.1, 0.15) is 0 Å². The van der Waals surface area contributed by atoms with E-state index >= 15 is 0 Å². The molecule has 0 saturated heterocycles. The molecular weight excluding hydrogens is 168 g/mol. The van der Waals surface area contributed by atoms with E-state index in [1.54, 1.807) is 0 Å². The van der Waals surface area contributed by atoms with Gasteiger partial charge in [0.15, 0.2) is 0 Å². The summed E-state index contributed by atoms with van der Waals surface area (Å²) in [5.41, 5.74) is 5.30. The molecule has 0 heterocycles. The zero-order valence-corrected chi connectivity index (χ0v) is 9.46. The van der Waals surface area contributed by atoms with Crippen LogP contribution < -0.4 is 0 Å². The van der Waals surface area contributed by atoms with Crippen LogP contribution in [0.4, 0.5) is 0 Å². The van der Waals surface area contributed by atoms with Crippen LogP contribution in [0.25, 0.3) is 5.57 Å². The number of rotatable bonds is 2. The van der Waals surface area contributed by atoms with Gasteiger partial charge in [-0.05, 0) is 38.8 Å². The average molecular weight is 186 g/mol. The number of hydrogen-bond acceptors (Lipinski definition) is 0. The SMILES string of the molecule is CC=CC(=C(C)C)c1cccc(C)c1. The molecule has 0 fully saturated rings. The van der Waals surface area contributed by atoms with Gasteiger partial charge in [-0.1, -0.05) is 47.6 Å². The molecule has 1 rings (SSSR count). The molecule has 0 bridgehead atoms. The van der Waals surface area contributed by atoms with Crippen molar-refractivity contribution in [3.63, 3.8) is 0 Å². The first kappa shape index (κ1) is 10.8. The molecule has 0 N–H and O–H groups in total. The van der Waals surface area contributed by atoms with Gasteiger partial charge in [-0.15, -0.1) is 0 Å². The van der Waals surface area contributed by atoms with Crippen LogP contribution in [0.2, 0.25) is 0 Å². The van der Waals surface area contributed by atoms with E-state index in [-0.39, 0.29) is 0 Å². The van der Waals surface area contributed by atoms with Crippen molar-refractivity contribution in [2.75, 3.05) is 0 Å². The van der Waals surface area contributed by atoms with E-state index in [0.717, 1.165) is 0 Å². The van der Waals surface area contributed by atoms with Gasteiger partial charge in [-0.2, -0.15) is 0 Å². The molecule has 0 amide bonds. The van der Waals surface area contributed by atoms with Crippen LogP contribution in [0.1, 0.15) is 31.9 Å². The Morgan fingerprint density at radius 1 is 1.21 bits per heavy atom. The minimum absolute atomic E-state index is 1.31. The van der Waals surface area contributed by atoms with Crippen LogP contribution in [0.3, 0.4) is 0 Å². The number of allylic oxidation sites excluding steroid dienone is 4. The lowest BCUT2D eigenvalue weighted by molar-refractivity contribution is 1.37. The zero-order valence-electron chi connectivity index (χ0n) is 9.46. The Morgan fingerprint density at radius 2 is 1.93 bits per heavy atom. The highest BCUT2D eigenvalue weighted by Gasteiger charge is 1.99. The average Bonchev–Trinajstić information content (AvgIpc) is 2.13. The molecule has 0 aliphatic heterocycles. The van der Waals surface area contributed by atoms with Crippen LogP contribution in [0.15, 0.2) is 42.0 Å². The van der Waals surface area contributed by atoms with Crippen molar-refractivity contribution < 1.29 is 0 Å². The van der Waals surface area contributed by atoms with E-state index in [0.29, 0.717) is 0 Å². The topological polar surface area (TPSA) is 0 Å². The fraction of sp³-hybridized carbons (Fsp3) is 0.286. The summed E-state index contributed by atoms with van der Waals surface area (Å²) in [5.74, 6) is 0. The monoisotopic (exact) mass is 186 g/mol. The van der Waals surface area contributed by atoms with Crippen molar-refractivity contribution in [1.82, 2.24) is 0 Å². The van der Waals surface area contributed by atoms with Crippen molar-refractivity contribution in [2.45, 2.75) is 27.7 Å². The molecule has 0 radical (unpaired) electrons. The molecule has 0 saturated carbocycles. The Bertz CT molecular complexity index is 363. The number of benzene rings is 1. The first-order chi connectivity index (χ1) is 6.65. The summed E-state index contributed by atoms with van der Waals surface area (Å²) in [6, 6.07) is 8.62. The van der Waals surface area contributed by atoms with E-state index in [4.69, 9.17) is 0 Å². The summed E-state index contributed by atoms with van der Waals surface area (Å²) in [7, 11) is 0. The minimum atomic E-state index is 1.31. The van der Waals surface area contributed by atoms with E-state index < -0.39 is 0 Å². The van der Waals surface area contributed by atoms with Crippen LogP contribution in [-0.2, 0) is 0 Å². The lowest BCUT2D eigenvalue weighted by atomic mass is 9.99. The molecule has 0 spiro atoms. The highest BCUT2D eigenvalue weighted by Crippen LogP contribution is 2.20. The van der Waals surface area contributed by atoms with Crippen molar-refractivity contribution in [3.05, 3.63) is 53.1 Å². The molecule has 1 aromatic rings. The minimum Gasteiger partial charge on any atom is -0.0870 e. The second kappa shape index (κ2) is 4.80. The quantitative estimate of drug-likeness (QED) is 0.602. The van der Waals surface area contributed by atoms with Gasteiger partial charge in [0.25, 0.3) is 0 Å². The predicted molar refractivity (Wildman–Crippen MR) is 64.3 cm³/mol. The summed E-state index contributed by atoms with van der Waals surface area (Å²) < 4.78 is 0. The van der Waals surface area contributed by atoms with E-state index in [1.165, 1.54) is 22.3 Å². The van der Waals surface area contributed by atoms with Gasteiger partial charge < -0.3 is 0 Å². The maximum atomic E-state index is 2.22. The van der Waals surface area contributed by atoms with Gasteiger partial charge in [0, 0.05) is 0 Å². The summed E-state index contributed by atoms with van der Waals surface area (Å²) in [5, 5.41) is 0. The molecule has 0 aromatic heterocycles. The van der Waals surface area contributed by atoms with Gasteiger partial charge in [0.2, 0.25) is 0 Å². The highest BCUT2D eigenvalue weighted by molar-refractivity contribution is 5.76. The Kier molecular flexibility index (Phi) is 3.70. The molecule has 0 unspecified atom stereocenters. The maximum Gasteiger partial charge on any atom is -0.0182 e. The Balaban J connectivity index is 3.20. The molecule has 0 nitrogen and oxygen atoms in total. The molecule has 14 heavy (non-hydrogen) atoms. The molecule has 0 aliphatic carbocycles. The van der Waals surface area contributed by atoms with Gasteiger partial charge in [-0.3, -0.25) is 0 Å². The third-order valence-corrected chi connectivity index (χ3v) is 2.20. The van der Waals surface area contributed by atoms with E-state index in [9.17, 15) is 0 Å². The van der Waals surface area contributed by atoms with Crippen LogP contribution in [0.5, 0.6) is 0 Å². The van der Waals surface area contributed by atoms with E-state index in [2.05, 4.69) is 64.1 Å². The van der Waals surface area contributed by atoms with Gasteiger partial charge in [0.05, 0.1) is 0 Å². The third-order valence-electron chi connectivity index (χ3n) is 2.20. The molecule has 0 atom stereocenters. The maximum absolute atomic E-state index is 2.22. The second-order valence-electron chi connectivity index (χ2n) is 3.78. The Morgan fingerprint density at radius 3 is 2.43 bits per heavy atom. The summed E-state index contributed by atoms with van der Waals surface area (Å²) in [4.78, 5) is 0. The lowest BCUT2D eigenvalue weighted by Gasteiger charge is -2.06. The fourth-order valence-electron chi connectivity index (χ4n) is 1.53. The first-order valence-corrected chi connectivity index (χ1v) is 5.02. The Labute approximate surface area is 87.0 Å². The molecule has 74 valence electrons. The number of aryl methyl sites for hydroxylation is 1. The van der Waals surface area contributed by atoms with E-state index in [1.807, 2.05) is 0 Å². The second-order valence-corrected chi connectivity index (χ2v) is 3.78. The molecule has 0 heteroatoms. The highest BCUT2D eigenvalue weighted by atomic mass is 14.0. The summed E-state index contributed by atoms with van der Waals surface area (Å²) in [6.45, 7) is 8.48. The van der Waals surface area contributed by atoms with Crippen LogP contribution >= 0.6 is 0 Å². The molecule has 1 aromatic carbocycles. The van der Waals surface area contributed by atoms with Crippen molar-refractivity contribution in [1.29, 1.82) is 0 Å². The van der Waals surface area contributed by atoms with Crippen molar-refractivity contribution in [2.24, 2.45) is 0 Å². The molecular formula is C14H18. The fourth-order valence-corrected chi connectivity index (χ4v) is 1.53. The van der Waals surface area contributed by atoms with Crippen LogP contribution in [-0.4, -0.2) is 0 Å². The summed E-state index contributed by atoms with van der Waals surface area (Å²) >= 11 is 0. The van der Waals surface area contributed by atoms with Gasteiger partial charge >= 0.3 is 0 Å². The lowest BCUT2D eigenvalue weighted by Crippen LogP contribution is -1.84. The normalized spacial score (nSPS) is 10.6. The van der Waals surface area contributed by atoms with Crippen molar-refractivity contribution in [3.8, 4) is 0 Å². The Hall–Kier alpha value is -1.30. The van der Waals surface area contributed by atoms with Gasteiger partial charge in [-0.25, -0.2) is 0 Å². The smallest absolute Gasteiger partial charge is 0.0182 e.